The predicted octanol–water partition coefficient (Wildman–Crippen LogP) is 4.16. The largest absolute Gasteiger partial charge is 0.482 e. The van der Waals surface area contributed by atoms with Gasteiger partial charge in [-0.2, -0.15) is 0 Å². The number of amides is 1. The van der Waals surface area contributed by atoms with E-state index in [4.69, 9.17) is 9.47 Å². The summed E-state index contributed by atoms with van der Waals surface area (Å²) in [5, 5.41) is 2.74. The fourth-order valence-corrected chi connectivity index (χ4v) is 2.45. The van der Waals surface area contributed by atoms with E-state index in [1.807, 2.05) is 56.3 Å². The molecule has 0 saturated heterocycles. The predicted molar refractivity (Wildman–Crippen MR) is 106 cm³/mol. The Balaban J connectivity index is 1.77. The molecule has 0 unspecified atom stereocenters. The summed E-state index contributed by atoms with van der Waals surface area (Å²) >= 11 is 0. The molecule has 0 aromatic heterocycles. The van der Waals surface area contributed by atoms with Crippen LogP contribution in [0.15, 0.2) is 42.5 Å². The van der Waals surface area contributed by atoms with Gasteiger partial charge in [-0.1, -0.05) is 45.0 Å². The second-order valence-electron chi connectivity index (χ2n) is 7.52. The number of benzene rings is 2. The van der Waals surface area contributed by atoms with E-state index in [9.17, 15) is 9.59 Å². The average Bonchev–Trinajstić information content (AvgIpc) is 2.61. The molecule has 2 rings (SSSR count). The van der Waals surface area contributed by atoms with Gasteiger partial charge in [0, 0.05) is 5.69 Å². The van der Waals surface area contributed by atoms with Crippen molar-refractivity contribution in [3.05, 3.63) is 59.2 Å². The van der Waals surface area contributed by atoms with Gasteiger partial charge in [-0.05, 0) is 54.2 Å². The van der Waals surface area contributed by atoms with E-state index < -0.39 is 5.97 Å². The van der Waals surface area contributed by atoms with Crippen LogP contribution in [-0.2, 0) is 19.7 Å². The number of ether oxygens (including phenoxy) is 2. The number of esters is 1. The Morgan fingerprint density at radius 2 is 1.63 bits per heavy atom. The van der Waals surface area contributed by atoms with Gasteiger partial charge in [0.15, 0.2) is 13.2 Å². The molecule has 0 heterocycles. The van der Waals surface area contributed by atoms with Crippen molar-refractivity contribution in [2.45, 2.75) is 40.0 Å². The summed E-state index contributed by atoms with van der Waals surface area (Å²) in [6, 6.07) is 13.2. The first-order valence-corrected chi connectivity index (χ1v) is 8.92. The van der Waals surface area contributed by atoms with Crippen molar-refractivity contribution in [1.82, 2.24) is 0 Å². The number of anilines is 1. The van der Waals surface area contributed by atoms with E-state index in [0.29, 0.717) is 11.4 Å². The quantitative estimate of drug-likeness (QED) is 0.777. The molecule has 2 aromatic carbocycles. The van der Waals surface area contributed by atoms with Crippen molar-refractivity contribution in [3.8, 4) is 5.75 Å². The van der Waals surface area contributed by atoms with Gasteiger partial charge in [-0.15, -0.1) is 0 Å². The molecule has 0 saturated carbocycles. The Morgan fingerprint density at radius 1 is 0.963 bits per heavy atom. The van der Waals surface area contributed by atoms with E-state index in [-0.39, 0.29) is 24.5 Å². The van der Waals surface area contributed by atoms with E-state index in [1.54, 1.807) is 0 Å². The average molecular weight is 369 g/mol. The summed E-state index contributed by atoms with van der Waals surface area (Å²) in [6.45, 7) is 9.69. The number of hydrogen-bond donors (Lipinski definition) is 1. The van der Waals surface area contributed by atoms with Crippen LogP contribution in [0.5, 0.6) is 5.75 Å². The first-order chi connectivity index (χ1) is 12.7. The minimum absolute atomic E-state index is 0.0560. The molecule has 1 amide bonds. The van der Waals surface area contributed by atoms with Gasteiger partial charge in [-0.25, -0.2) is 4.79 Å². The second-order valence-corrected chi connectivity index (χ2v) is 7.52. The van der Waals surface area contributed by atoms with Crippen molar-refractivity contribution < 1.29 is 19.1 Å². The van der Waals surface area contributed by atoms with Gasteiger partial charge in [0.05, 0.1) is 0 Å². The van der Waals surface area contributed by atoms with Crippen LogP contribution in [0.3, 0.4) is 0 Å². The first-order valence-electron chi connectivity index (χ1n) is 8.92. The fourth-order valence-electron chi connectivity index (χ4n) is 2.45. The Bertz CT molecular complexity index is 804. The van der Waals surface area contributed by atoms with Crippen molar-refractivity contribution >= 4 is 17.6 Å². The van der Waals surface area contributed by atoms with Gasteiger partial charge in [0.25, 0.3) is 5.91 Å². The standard InChI is InChI=1S/C22H27NO4/c1-15-7-6-8-19(16(15)2)23-20(24)13-27-21(25)14-26-18-11-9-17(10-12-18)22(3,4)5/h6-12H,13-14H2,1-5H3,(H,23,24). The summed E-state index contributed by atoms with van der Waals surface area (Å²) in [5.74, 6) is -0.391. The highest BCUT2D eigenvalue weighted by Gasteiger charge is 2.14. The maximum absolute atomic E-state index is 12.0. The minimum atomic E-state index is -0.592. The van der Waals surface area contributed by atoms with E-state index in [0.717, 1.165) is 11.1 Å². The third kappa shape index (κ3) is 6.13. The molecule has 0 atom stereocenters. The third-order valence-corrected chi connectivity index (χ3v) is 4.32. The molecule has 5 heteroatoms. The summed E-state index contributed by atoms with van der Waals surface area (Å²) in [4.78, 5) is 23.8. The molecule has 0 radical (unpaired) electrons. The summed E-state index contributed by atoms with van der Waals surface area (Å²) < 4.78 is 10.4. The lowest BCUT2D eigenvalue weighted by atomic mass is 9.87. The Hall–Kier alpha value is -2.82. The maximum atomic E-state index is 12.0. The van der Waals surface area contributed by atoms with Crippen molar-refractivity contribution in [3.63, 3.8) is 0 Å². The zero-order chi connectivity index (χ0) is 20.0. The number of rotatable bonds is 6. The van der Waals surface area contributed by atoms with Crippen LogP contribution in [0.1, 0.15) is 37.5 Å². The van der Waals surface area contributed by atoms with Crippen LogP contribution in [0.4, 0.5) is 5.69 Å². The number of carbonyl (C=O) groups excluding carboxylic acids is 2. The molecule has 0 aliphatic carbocycles. The van der Waals surface area contributed by atoms with Crippen molar-refractivity contribution in [2.75, 3.05) is 18.5 Å². The zero-order valence-electron chi connectivity index (χ0n) is 16.6. The van der Waals surface area contributed by atoms with Crippen LogP contribution in [-0.4, -0.2) is 25.1 Å². The second kappa shape index (κ2) is 8.71. The van der Waals surface area contributed by atoms with E-state index in [2.05, 4.69) is 26.1 Å². The highest BCUT2D eigenvalue weighted by Crippen LogP contribution is 2.24. The molecule has 0 aliphatic rings. The minimum Gasteiger partial charge on any atom is -0.482 e. The maximum Gasteiger partial charge on any atom is 0.344 e. The van der Waals surface area contributed by atoms with E-state index >= 15 is 0 Å². The molecule has 0 bridgehead atoms. The molecule has 0 spiro atoms. The summed E-state index contributed by atoms with van der Waals surface area (Å²) in [5.41, 5.74) is 4.02. The number of carbonyl (C=O) groups is 2. The molecular formula is C22H27NO4. The molecule has 0 fully saturated rings. The van der Waals surface area contributed by atoms with Gasteiger partial charge in [-0.3, -0.25) is 4.79 Å². The number of nitrogens with one attached hydrogen (secondary N) is 1. The zero-order valence-corrected chi connectivity index (χ0v) is 16.6. The van der Waals surface area contributed by atoms with Gasteiger partial charge >= 0.3 is 5.97 Å². The lowest BCUT2D eigenvalue weighted by Crippen LogP contribution is -2.24. The van der Waals surface area contributed by atoms with Crippen LogP contribution < -0.4 is 10.1 Å². The monoisotopic (exact) mass is 369 g/mol. The molecule has 5 nitrogen and oxygen atoms in total. The Morgan fingerprint density at radius 3 is 2.26 bits per heavy atom. The van der Waals surface area contributed by atoms with Gasteiger partial charge in [0.1, 0.15) is 5.75 Å². The highest BCUT2D eigenvalue weighted by atomic mass is 16.6. The lowest BCUT2D eigenvalue weighted by molar-refractivity contribution is -0.149. The Labute approximate surface area is 160 Å². The smallest absolute Gasteiger partial charge is 0.344 e. The first kappa shape index (κ1) is 20.5. The van der Waals surface area contributed by atoms with Crippen molar-refractivity contribution in [2.24, 2.45) is 0 Å². The normalized spacial score (nSPS) is 11.0. The van der Waals surface area contributed by atoms with Crippen LogP contribution in [0, 0.1) is 13.8 Å². The summed E-state index contributed by atoms with van der Waals surface area (Å²) in [7, 11) is 0. The molecule has 27 heavy (non-hydrogen) atoms. The van der Waals surface area contributed by atoms with Crippen LogP contribution in [0.25, 0.3) is 0 Å². The number of hydrogen-bond acceptors (Lipinski definition) is 4. The topological polar surface area (TPSA) is 64.6 Å². The third-order valence-electron chi connectivity index (χ3n) is 4.32. The number of aryl methyl sites for hydroxylation is 1. The summed E-state index contributed by atoms with van der Waals surface area (Å²) in [6.07, 6.45) is 0. The molecule has 144 valence electrons. The molecule has 1 N–H and O–H groups in total. The van der Waals surface area contributed by atoms with Gasteiger partial charge in [0.2, 0.25) is 0 Å². The lowest BCUT2D eigenvalue weighted by Gasteiger charge is -2.19. The molecular weight excluding hydrogens is 342 g/mol. The van der Waals surface area contributed by atoms with E-state index in [1.165, 1.54) is 5.56 Å². The molecule has 2 aromatic rings. The SMILES string of the molecule is Cc1cccc(NC(=O)COC(=O)COc2ccc(C(C)(C)C)cc2)c1C. The van der Waals surface area contributed by atoms with Crippen LogP contribution >= 0.6 is 0 Å². The Kier molecular flexibility index (Phi) is 6.61. The highest BCUT2D eigenvalue weighted by molar-refractivity contribution is 5.93. The fraction of sp³-hybridized carbons (Fsp3) is 0.364. The van der Waals surface area contributed by atoms with Gasteiger partial charge < -0.3 is 14.8 Å². The van der Waals surface area contributed by atoms with Crippen molar-refractivity contribution in [1.29, 1.82) is 0 Å². The molecule has 0 aliphatic heterocycles. The van der Waals surface area contributed by atoms with Crippen LogP contribution in [0.2, 0.25) is 0 Å².